The molecule has 1 saturated carbocycles. The molecule has 178 valence electrons. The Morgan fingerprint density at radius 3 is 2.56 bits per heavy atom. The molecule has 0 aromatic carbocycles. The van der Waals surface area contributed by atoms with E-state index in [-0.39, 0.29) is 0 Å². The minimum absolute atomic E-state index is 0.296. The number of aromatic nitrogens is 1. The Labute approximate surface area is 192 Å². The Kier molecular flexibility index (Phi) is 9.03. The summed E-state index contributed by atoms with van der Waals surface area (Å²) in [4.78, 5) is 11.3. The first-order valence-corrected chi connectivity index (χ1v) is 12.6. The van der Waals surface area contributed by atoms with Crippen LogP contribution in [-0.4, -0.2) is 67.5 Å². The molecule has 3 aliphatic rings. The standard InChI is InChI=1S/C25H40N4O3/c1-26-25(29-14-12-21(13-15-29)31-19-23-9-5-6-16-30-23)28-18-20-10-11-24(27-17-20)32-22-7-3-2-4-8-22/h10-11,17,21-23H,2-9,12-16,18-19H2,1H3,(H,26,28). The molecule has 0 bridgehead atoms. The molecule has 1 unspecified atom stereocenters. The summed E-state index contributed by atoms with van der Waals surface area (Å²) < 4.78 is 18.0. The molecule has 3 fully saturated rings. The third-order valence-electron chi connectivity index (χ3n) is 6.83. The van der Waals surface area contributed by atoms with E-state index in [1.807, 2.05) is 19.3 Å². The van der Waals surface area contributed by atoms with Crippen LogP contribution in [0.5, 0.6) is 5.88 Å². The first kappa shape index (κ1) is 23.3. The minimum atomic E-state index is 0.296. The van der Waals surface area contributed by atoms with Crippen molar-refractivity contribution in [3.05, 3.63) is 23.9 Å². The molecule has 3 heterocycles. The third kappa shape index (κ3) is 7.07. The fourth-order valence-electron chi connectivity index (χ4n) is 4.87. The molecule has 7 heteroatoms. The van der Waals surface area contributed by atoms with E-state index in [9.17, 15) is 0 Å². The molecule has 1 aliphatic carbocycles. The van der Waals surface area contributed by atoms with E-state index in [0.717, 1.165) is 75.8 Å². The number of nitrogens with one attached hydrogen (secondary N) is 1. The average molecular weight is 445 g/mol. The molecule has 0 spiro atoms. The van der Waals surface area contributed by atoms with Gasteiger partial charge in [-0.2, -0.15) is 0 Å². The van der Waals surface area contributed by atoms with Crippen LogP contribution in [0.2, 0.25) is 0 Å². The summed E-state index contributed by atoms with van der Waals surface area (Å²) >= 11 is 0. The molecule has 0 radical (unpaired) electrons. The quantitative estimate of drug-likeness (QED) is 0.508. The first-order valence-electron chi connectivity index (χ1n) is 12.6. The van der Waals surface area contributed by atoms with Crippen molar-refractivity contribution in [1.82, 2.24) is 15.2 Å². The summed E-state index contributed by atoms with van der Waals surface area (Å²) in [6.45, 7) is 4.26. The molecular formula is C25H40N4O3. The van der Waals surface area contributed by atoms with Crippen LogP contribution in [0.4, 0.5) is 0 Å². The Morgan fingerprint density at radius 1 is 1.06 bits per heavy atom. The topological polar surface area (TPSA) is 68.2 Å². The maximum absolute atomic E-state index is 6.15. The first-order chi connectivity index (χ1) is 15.8. The molecule has 2 aliphatic heterocycles. The second-order valence-corrected chi connectivity index (χ2v) is 9.29. The van der Waals surface area contributed by atoms with E-state index in [0.29, 0.717) is 24.9 Å². The zero-order chi connectivity index (χ0) is 22.0. The van der Waals surface area contributed by atoms with Crippen molar-refractivity contribution < 1.29 is 14.2 Å². The predicted molar refractivity (Wildman–Crippen MR) is 126 cm³/mol. The van der Waals surface area contributed by atoms with E-state index in [1.54, 1.807) is 0 Å². The number of piperidine rings is 1. The summed E-state index contributed by atoms with van der Waals surface area (Å²) in [7, 11) is 1.85. The molecule has 4 rings (SSSR count). The lowest BCUT2D eigenvalue weighted by Gasteiger charge is -2.35. The molecule has 2 saturated heterocycles. The Balaban J connectivity index is 1.16. The van der Waals surface area contributed by atoms with Gasteiger partial charge in [0.2, 0.25) is 5.88 Å². The second-order valence-electron chi connectivity index (χ2n) is 9.29. The van der Waals surface area contributed by atoms with Crippen LogP contribution >= 0.6 is 0 Å². The number of pyridine rings is 1. The van der Waals surface area contributed by atoms with E-state index in [2.05, 4.69) is 26.3 Å². The number of nitrogens with zero attached hydrogens (tertiary/aromatic N) is 3. The fourth-order valence-corrected chi connectivity index (χ4v) is 4.87. The SMILES string of the molecule is CN=C(NCc1ccc(OC2CCCCC2)nc1)N1CCC(OCC2CCCCO2)CC1. The van der Waals surface area contributed by atoms with Gasteiger partial charge in [-0.15, -0.1) is 0 Å². The van der Waals surface area contributed by atoms with Gasteiger partial charge in [-0.05, 0) is 63.4 Å². The van der Waals surface area contributed by atoms with Gasteiger partial charge < -0.3 is 24.4 Å². The molecule has 32 heavy (non-hydrogen) atoms. The van der Waals surface area contributed by atoms with Gasteiger partial charge in [0.25, 0.3) is 0 Å². The van der Waals surface area contributed by atoms with Gasteiger partial charge in [-0.25, -0.2) is 4.98 Å². The normalized spacial score (nSPS) is 23.8. The van der Waals surface area contributed by atoms with Crippen LogP contribution in [0.15, 0.2) is 23.3 Å². The Hall–Kier alpha value is -1.86. The molecular weight excluding hydrogens is 404 g/mol. The van der Waals surface area contributed by atoms with Crippen molar-refractivity contribution in [3.63, 3.8) is 0 Å². The summed E-state index contributed by atoms with van der Waals surface area (Å²) in [5, 5.41) is 3.49. The highest BCUT2D eigenvalue weighted by molar-refractivity contribution is 5.79. The van der Waals surface area contributed by atoms with Gasteiger partial charge in [-0.1, -0.05) is 12.5 Å². The van der Waals surface area contributed by atoms with Crippen LogP contribution in [0.1, 0.15) is 69.8 Å². The van der Waals surface area contributed by atoms with Crippen molar-refractivity contribution in [2.45, 2.75) is 89.1 Å². The minimum Gasteiger partial charge on any atom is -0.474 e. The van der Waals surface area contributed by atoms with Gasteiger partial charge in [-0.3, -0.25) is 4.99 Å². The zero-order valence-corrected chi connectivity index (χ0v) is 19.6. The molecule has 1 aromatic heterocycles. The van der Waals surface area contributed by atoms with Crippen LogP contribution in [0.3, 0.4) is 0 Å². The number of hydrogen-bond donors (Lipinski definition) is 1. The molecule has 1 atom stereocenters. The van der Waals surface area contributed by atoms with Crippen LogP contribution in [0, 0.1) is 0 Å². The lowest BCUT2D eigenvalue weighted by Crippen LogP contribution is -2.47. The van der Waals surface area contributed by atoms with Crippen molar-refractivity contribution in [3.8, 4) is 5.88 Å². The largest absolute Gasteiger partial charge is 0.474 e. The lowest BCUT2D eigenvalue weighted by atomic mass is 9.98. The van der Waals surface area contributed by atoms with Crippen molar-refractivity contribution >= 4 is 5.96 Å². The number of aliphatic imine (C=N–C) groups is 1. The van der Waals surface area contributed by atoms with Gasteiger partial charge in [0, 0.05) is 45.6 Å². The fraction of sp³-hybridized carbons (Fsp3) is 0.760. The summed E-state index contributed by atoms with van der Waals surface area (Å²) in [5.74, 6) is 1.69. The molecule has 1 N–H and O–H groups in total. The summed E-state index contributed by atoms with van der Waals surface area (Å²) in [6.07, 6.45) is 14.7. The van der Waals surface area contributed by atoms with Crippen LogP contribution < -0.4 is 10.1 Å². The van der Waals surface area contributed by atoms with E-state index in [1.165, 1.54) is 32.1 Å². The summed E-state index contributed by atoms with van der Waals surface area (Å²) in [6, 6.07) is 4.09. The van der Waals surface area contributed by atoms with Gasteiger partial charge in [0.05, 0.1) is 18.8 Å². The van der Waals surface area contributed by atoms with Gasteiger partial charge in [0.15, 0.2) is 5.96 Å². The number of hydrogen-bond acceptors (Lipinski definition) is 5. The van der Waals surface area contributed by atoms with E-state index in [4.69, 9.17) is 14.2 Å². The lowest BCUT2D eigenvalue weighted by molar-refractivity contribution is -0.0721. The maximum atomic E-state index is 6.15. The number of guanidine groups is 1. The Morgan fingerprint density at radius 2 is 1.88 bits per heavy atom. The maximum Gasteiger partial charge on any atom is 0.213 e. The van der Waals surface area contributed by atoms with Crippen LogP contribution in [-0.2, 0) is 16.0 Å². The molecule has 7 nitrogen and oxygen atoms in total. The Bertz CT molecular complexity index is 692. The number of ether oxygens (including phenoxy) is 3. The third-order valence-corrected chi connectivity index (χ3v) is 6.83. The van der Waals surface area contributed by atoms with Crippen molar-refractivity contribution in [2.75, 3.05) is 33.4 Å². The monoisotopic (exact) mass is 444 g/mol. The highest BCUT2D eigenvalue weighted by Crippen LogP contribution is 2.22. The highest BCUT2D eigenvalue weighted by atomic mass is 16.5. The highest BCUT2D eigenvalue weighted by Gasteiger charge is 2.24. The molecule has 1 aromatic rings. The zero-order valence-electron chi connectivity index (χ0n) is 19.6. The summed E-state index contributed by atoms with van der Waals surface area (Å²) in [5.41, 5.74) is 1.13. The second kappa shape index (κ2) is 12.4. The van der Waals surface area contributed by atoms with Crippen LogP contribution in [0.25, 0.3) is 0 Å². The van der Waals surface area contributed by atoms with Gasteiger partial charge >= 0.3 is 0 Å². The predicted octanol–water partition coefficient (Wildman–Crippen LogP) is 3.92. The number of likely N-dealkylation sites (tertiary alicyclic amines) is 1. The molecule has 0 amide bonds. The van der Waals surface area contributed by atoms with E-state index < -0.39 is 0 Å². The van der Waals surface area contributed by atoms with E-state index >= 15 is 0 Å². The van der Waals surface area contributed by atoms with Crippen molar-refractivity contribution in [2.24, 2.45) is 4.99 Å². The smallest absolute Gasteiger partial charge is 0.213 e. The average Bonchev–Trinajstić information content (AvgIpc) is 2.86. The number of rotatable bonds is 7. The van der Waals surface area contributed by atoms with Gasteiger partial charge in [0.1, 0.15) is 6.10 Å². The van der Waals surface area contributed by atoms with Crippen molar-refractivity contribution in [1.29, 1.82) is 0 Å².